The van der Waals surface area contributed by atoms with Gasteiger partial charge in [-0.25, -0.2) is 4.90 Å². The van der Waals surface area contributed by atoms with Gasteiger partial charge in [-0.15, -0.1) is 0 Å². The van der Waals surface area contributed by atoms with Crippen molar-refractivity contribution in [2.45, 2.75) is 16.9 Å². The van der Waals surface area contributed by atoms with E-state index in [1.165, 1.54) is 29.1 Å². The molecule has 0 atom stereocenters. The molecule has 0 saturated carbocycles. The molecule has 0 aliphatic carbocycles. The Labute approximate surface area is 168 Å². The maximum Gasteiger partial charge on any atom is 0.283 e. The Kier molecular flexibility index (Phi) is 4.98. The van der Waals surface area contributed by atoms with Gasteiger partial charge in [-0.05, 0) is 43.5 Å². The van der Waals surface area contributed by atoms with Gasteiger partial charge < -0.3 is 4.42 Å². The van der Waals surface area contributed by atoms with Crippen LogP contribution in [0.4, 0.5) is 0 Å². The van der Waals surface area contributed by atoms with E-state index >= 15 is 0 Å². The van der Waals surface area contributed by atoms with Crippen LogP contribution in [0.5, 0.6) is 0 Å². The Balaban J connectivity index is 1.58. The number of aryl methyl sites for hydroxylation is 1. The summed E-state index contributed by atoms with van der Waals surface area (Å²) in [6.45, 7) is 2.04. The lowest BCUT2D eigenvalue weighted by atomic mass is 10.1. The first-order valence-corrected chi connectivity index (χ1v) is 10.7. The number of nitrogens with zero attached hydrogens (tertiary/aromatic N) is 3. The van der Waals surface area contributed by atoms with E-state index in [1.54, 1.807) is 17.0 Å². The fourth-order valence-electron chi connectivity index (χ4n) is 2.46. The molecule has 3 heterocycles. The molecule has 1 N–H and O–H groups in total. The summed E-state index contributed by atoms with van der Waals surface area (Å²) in [7, 11) is 0. The number of amides is 1. The van der Waals surface area contributed by atoms with E-state index in [1.807, 2.05) is 43.5 Å². The summed E-state index contributed by atoms with van der Waals surface area (Å²) in [6, 6.07) is 11.8. The van der Waals surface area contributed by atoms with Crippen LogP contribution < -0.4 is 0 Å². The summed E-state index contributed by atoms with van der Waals surface area (Å²) >= 11 is 4.02. The van der Waals surface area contributed by atoms with Crippen molar-refractivity contribution >= 4 is 63.6 Å². The molecule has 6 nitrogen and oxygen atoms in total. The summed E-state index contributed by atoms with van der Waals surface area (Å²) in [4.78, 5) is 19.0. The number of hydrogen-bond donors (Lipinski definition) is 1. The van der Waals surface area contributed by atoms with Crippen LogP contribution in [0.1, 0.15) is 11.3 Å². The van der Waals surface area contributed by atoms with Crippen LogP contribution in [0.3, 0.4) is 0 Å². The van der Waals surface area contributed by atoms with Crippen molar-refractivity contribution in [1.29, 1.82) is 5.41 Å². The monoisotopic (exact) mass is 414 g/mol. The number of carbonyl (C=O) groups is 1. The average molecular weight is 415 g/mol. The van der Waals surface area contributed by atoms with Gasteiger partial charge >= 0.3 is 0 Å². The van der Waals surface area contributed by atoms with E-state index in [0.717, 1.165) is 16.8 Å². The maximum absolute atomic E-state index is 12.3. The zero-order valence-corrected chi connectivity index (χ0v) is 16.9. The molecule has 1 aromatic heterocycles. The average Bonchev–Trinajstić information content (AvgIpc) is 3.27. The lowest BCUT2D eigenvalue weighted by Crippen LogP contribution is -2.41. The third-order valence-electron chi connectivity index (χ3n) is 3.81. The third kappa shape index (κ3) is 3.62. The van der Waals surface area contributed by atoms with Crippen molar-refractivity contribution in [2.75, 3.05) is 6.26 Å². The largest absolute Gasteiger partial charge is 0.450 e. The predicted octanol–water partition coefficient (Wildman–Crippen LogP) is 4.68. The Morgan fingerprint density at radius 3 is 2.74 bits per heavy atom. The van der Waals surface area contributed by atoms with Crippen molar-refractivity contribution in [3.63, 3.8) is 0 Å². The number of nitrogens with one attached hydrogen (secondary N) is 1. The van der Waals surface area contributed by atoms with Crippen LogP contribution in [0.25, 0.3) is 6.08 Å². The highest BCUT2D eigenvalue weighted by Crippen LogP contribution is 2.33. The van der Waals surface area contributed by atoms with E-state index in [-0.39, 0.29) is 11.4 Å². The van der Waals surface area contributed by atoms with Crippen LogP contribution in [0, 0.1) is 12.3 Å². The lowest BCUT2D eigenvalue weighted by Gasteiger charge is -2.23. The van der Waals surface area contributed by atoms with E-state index in [0.29, 0.717) is 21.2 Å². The minimum Gasteiger partial charge on any atom is -0.450 e. The van der Waals surface area contributed by atoms with E-state index in [2.05, 4.69) is 9.39 Å². The number of aliphatic imine (C=N–C) groups is 1. The minimum absolute atomic E-state index is 0.0623. The van der Waals surface area contributed by atoms with Crippen molar-refractivity contribution in [3.05, 3.63) is 53.3 Å². The Bertz CT molecular complexity index is 1020. The second-order valence-corrected chi connectivity index (χ2v) is 8.26. The smallest absolute Gasteiger partial charge is 0.283 e. The molecule has 2 aromatic rings. The molecule has 136 valence electrons. The number of furan rings is 1. The zero-order chi connectivity index (χ0) is 19.0. The summed E-state index contributed by atoms with van der Waals surface area (Å²) in [5.74, 6) is 0.110. The zero-order valence-electron chi connectivity index (χ0n) is 14.4. The summed E-state index contributed by atoms with van der Waals surface area (Å²) in [5.41, 5.74) is 1.39. The van der Waals surface area contributed by atoms with Crippen LogP contribution in [0.15, 0.2) is 65.8 Å². The second kappa shape index (κ2) is 7.41. The topological polar surface area (TPSA) is 82.0 Å². The predicted molar refractivity (Wildman–Crippen MR) is 113 cm³/mol. The number of fused-ring (bicyclic) bond motifs is 1. The fourth-order valence-corrected chi connectivity index (χ4v) is 4.70. The van der Waals surface area contributed by atoms with Crippen LogP contribution >= 0.6 is 35.5 Å². The first-order valence-electron chi connectivity index (χ1n) is 7.92. The molecule has 9 heteroatoms. The summed E-state index contributed by atoms with van der Waals surface area (Å²) < 4.78 is 10.0. The van der Waals surface area contributed by atoms with Gasteiger partial charge in [0.2, 0.25) is 5.17 Å². The Morgan fingerprint density at radius 1 is 1.22 bits per heavy atom. The van der Waals surface area contributed by atoms with Crippen molar-refractivity contribution in [1.82, 2.24) is 4.90 Å². The molecule has 0 fully saturated rings. The van der Waals surface area contributed by atoms with Gasteiger partial charge in [0.1, 0.15) is 11.6 Å². The second-order valence-electron chi connectivity index (χ2n) is 5.68. The van der Waals surface area contributed by atoms with E-state index in [9.17, 15) is 4.79 Å². The van der Waals surface area contributed by atoms with Gasteiger partial charge in [0, 0.05) is 4.90 Å². The van der Waals surface area contributed by atoms with Gasteiger partial charge in [0.15, 0.2) is 10.3 Å². The van der Waals surface area contributed by atoms with Crippen LogP contribution in [0.2, 0.25) is 0 Å². The quantitative estimate of drug-likeness (QED) is 0.580. The molecule has 0 spiro atoms. The standard InChI is InChI=1S/C18H14N4O2S3/c1-10-3-6-12(7-4-10)26-14-8-5-11(24-14)9-13-15(19)22-17(20-16(13)23)27-21-18(22)25-2/h3-9,19H,1-2H3/b13-9-,19-15?. The molecule has 2 aliphatic rings. The van der Waals surface area contributed by atoms with Crippen molar-refractivity contribution in [2.24, 2.45) is 9.39 Å². The highest BCUT2D eigenvalue weighted by atomic mass is 32.2. The highest BCUT2D eigenvalue weighted by molar-refractivity contribution is 8.18. The van der Waals surface area contributed by atoms with Crippen LogP contribution in [-0.2, 0) is 4.79 Å². The summed E-state index contributed by atoms with van der Waals surface area (Å²) in [6.07, 6.45) is 3.43. The minimum atomic E-state index is -0.458. The Morgan fingerprint density at radius 2 is 2.00 bits per heavy atom. The normalized spacial score (nSPS) is 18.0. The Hall–Kier alpha value is -2.23. The molecule has 2 aliphatic heterocycles. The molecular formula is C18H14N4O2S3. The van der Waals surface area contributed by atoms with Gasteiger partial charge in [-0.1, -0.05) is 41.2 Å². The third-order valence-corrected chi connectivity index (χ3v) is 6.19. The van der Waals surface area contributed by atoms with Gasteiger partial charge in [0.05, 0.1) is 17.5 Å². The number of thioether (sulfide) groups is 1. The highest BCUT2D eigenvalue weighted by Gasteiger charge is 2.37. The number of amidine groups is 3. The molecule has 0 bridgehead atoms. The van der Waals surface area contributed by atoms with Gasteiger partial charge in [0.25, 0.3) is 5.91 Å². The molecule has 0 unspecified atom stereocenters. The van der Waals surface area contributed by atoms with Gasteiger partial charge in [-0.3, -0.25) is 10.2 Å². The molecule has 0 radical (unpaired) electrons. The number of hydrogen-bond acceptors (Lipinski definition) is 7. The fraction of sp³-hybridized carbons (Fsp3) is 0.111. The number of benzene rings is 1. The van der Waals surface area contributed by atoms with E-state index in [4.69, 9.17) is 9.83 Å². The number of carbonyl (C=O) groups excluding carboxylic acids is 1. The van der Waals surface area contributed by atoms with Gasteiger partial charge in [-0.2, -0.15) is 9.39 Å². The molecule has 0 saturated heterocycles. The molecule has 27 heavy (non-hydrogen) atoms. The SMILES string of the molecule is CSC1=NSC2=NC(=O)/C(=C\c3ccc(Sc4ccc(C)cc4)o3)C(=N)N12. The lowest BCUT2D eigenvalue weighted by molar-refractivity contribution is -0.114. The number of rotatable bonds is 3. The first-order chi connectivity index (χ1) is 13.0. The van der Waals surface area contributed by atoms with Crippen LogP contribution in [-0.4, -0.2) is 33.2 Å². The van der Waals surface area contributed by atoms with Crippen molar-refractivity contribution in [3.8, 4) is 0 Å². The summed E-state index contributed by atoms with van der Waals surface area (Å²) in [5, 5.41) is 10.2. The maximum atomic E-state index is 12.3. The van der Waals surface area contributed by atoms with E-state index < -0.39 is 5.91 Å². The molecule has 1 amide bonds. The molecule has 1 aromatic carbocycles. The molecule has 4 rings (SSSR count). The molecular weight excluding hydrogens is 400 g/mol. The van der Waals surface area contributed by atoms with Crippen molar-refractivity contribution < 1.29 is 9.21 Å². The first kappa shape index (κ1) is 18.1.